The third kappa shape index (κ3) is 4.63. The van der Waals surface area contributed by atoms with Gasteiger partial charge < -0.3 is 10.2 Å². The molecular weight excluding hydrogens is 303 g/mol. The Labute approximate surface area is 136 Å². The summed E-state index contributed by atoms with van der Waals surface area (Å²) < 4.78 is 0. The molecule has 0 radical (unpaired) electrons. The number of benzene rings is 2. The molecule has 4 heteroatoms. The van der Waals surface area contributed by atoms with Gasteiger partial charge in [-0.1, -0.05) is 42.3 Å². The first kappa shape index (κ1) is 16.2. The van der Waals surface area contributed by atoms with E-state index < -0.39 is 0 Å². The van der Waals surface area contributed by atoms with Crippen molar-refractivity contribution in [1.82, 2.24) is 5.32 Å². The Bertz CT molecular complexity index is 599. The molecule has 0 aliphatic heterocycles. The van der Waals surface area contributed by atoms with Crippen molar-refractivity contribution in [3.8, 4) is 0 Å². The van der Waals surface area contributed by atoms with Gasteiger partial charge in [-0.2, -0.15) is 0 Å². The summed E-state index contributed by atoms with van der Waals surface area (Å²) in [5, 5.41) is 4.89. The number of hydrogen-bond donors (Lipinski definition) is 1. The topological polar surface area (TPSA) is 15.3 Å². The van der Waals surface area contributed by atoms with Crippen LogP contribution in [0.1, 0.15) is 18.1 Å². The molecule has 0 saturated heterocycles. The maximum atomic E-state index is 6.12. The summed E-state index contributed by atoms with van der Waals surface area (Å²) in [5.41, 5.74) is 3.57. The van der Waals surface area contributed by atoms with Crippen molar-refractivity contribution in [2.45, 2.75) is 20.0 Å². The highest BCUT2D eigenvalue weighted by molar-refractivity contribution is 6.31. The van der Waals surface area contributed by atoms with E-state index in [1.807, 2.05) is 30.3 Å². The van der Waals surface area contributed by atoms with E-state index in [1.165, 1.54) is 16.8 Å². The van der Waals surface area contributed by atoms with E-state index in [9.17, 15) is 0 Å². The largest absolute Gasteiger partial charge is 0.370 e. The van der Waals surface area contributed by atoms with Crippen LogP contribution in [0.2, 0.25) is 10.0 Å². The SMILES string of the molecule is CCNCc1cc(Cl)ccc1N(C)Cc1cccc(Cl)c1. The maximum Gasteiger partial charge on any atom is 0.0426 e. The summed E-state index contributed by atoms with van der Waals surface area (Å²) >= 11 is 12.2. The standard InChI is InChI=1S/C17H20Cl2N2/c1-3-20-11-14-10-16(19)7-8-17(14)21(2)12-13-5-4-6-15(18)9-13/h4-10,20H,3,11-12H2,1-2H3. The van der Waals surface area contributed by atoms with Crippen molar-refractivity contribution in [3.63, 3.8) is 0 Å². The number of anilines is 1. The predicted octanol–water partition coefficient (Wildman–Crippen LogP) is 4.74. The quantitative estimate of drug-likeness (QED) is 0.826. The summed E-state index contributed by atoms with van der Waals surface area (Å²) in [6, 6.07) is 14.0. The first-order chi connectivity index (χ1) is 10.1. The van der Waals surface area contributed by atoms with E-state index in [0.29, 0.717) is 0 Å². The second-order valence-corrected chi connectivity index (χ2v) is 5.91. The van der Waals surface area contributed by atoms with Gasteiger partial charge in [0.05, 0.1) is 0 Å². The van der Waals surface area contributed by atoms with Crippen molar-refractivity contribution < 1.29 is 0 Å². The highest BCUT2D eigenvalue weighted by Gasteiger charge is 2.09. The van der Waals surface area contributed by atoms with Crippen LogP contribution < -0.4 is 10.2 Å². The average molecular weight is 323 g/mol. The fraction of sp³-hybridized carbons (Fsp3) is 0.294. The van der Waals surface area contributed by atoms with Crippen LogP contribution in [0.25, 0.3) is 0 Å². The second-order valence-electron chi connectivity index (χ2n) is 5.04. The van der Waals surface area contributed by atoms with E-state index in [4.69, 9.17) is 23.2 Å². The van der Waals surface area contributed by atoms with Gasteiger partial charge in [-0.05, 0) is 48.0 Å². The molecule has 2 aromatic rings. The fourth-order valence-electron chi connectivity index (χ4n) is 2.32. The van der Waals surface area contributed by atoms with Gasteiger partial charge in [0.15, 0.2) is 0 Å². The zero-order valence-electron chi connectivity index (χ0n) is 12.4. The van der Waals surface area contributed by atoms with Crippen LogP contribution in [0, 0.1) is 0 Å². The van der Waals surface area contributed by atoms with Crippen molar-refractivity contribution in [1.29, 1.82) is 0 Å². The van der Waals surface area contributed by atoms with Crippen molar-refractivity contribution in [2.24, 2.45) is 0 Å². The Morgan fingerprint density at radius 3 is 2.52 bits per heavy atom. The van der Waals surface area contributed by atoms with Crippen LogP contribution in [0.3, 0.4) is 0 Å². The van der Waals surface area contributed by atoms with Crippen LogP contribution in [-0.4, -0.2) is 13.6 Å². The average Bonchev–Trinajstić information content (AvgIpc) is 2.45. The van der Waals surface area contributed by atoms with Gasteiger partial charge in [0.2, 0.25) is 0 Å². The Morgan fingerprint density at radius 1 is 1.05 bits per heavy atom. The molecule has 0 atom stereocenters. The fourth-order valence-corrected chi connectivity index (χ4v) is 2.73. The lowest BCUT2D eigenvalue weighted by Crippen LogP contribution is -2.20. The molecule has 2 aromatic carbocycles. The molecule has 0 aliphatic carbocycles. The van der Waals surface area contributed by atoms with E-state index in [2.05, 4.69) is 36.3 Å². The third-order valence-corrected chi connectivity index (χ3v) is 3.80. The number of rotatable bonds is 6. The van der Waals surface area contributed by atoms with Gasteiger partial charge in [-0.3, -0.25) is 0 Å². The minimum Gasteiger partial charge on any atom is -0.370 e. The zero-order valence-corrected chi connectivity index (χ0v) is 13.9. The van der Waals surface area contributed by atoms with E-state index in [0.717, 1.165) is 29.7 Å². The Balaban J connectivity index is 2.19. The first-order valence-corrected chi connectivity index (χ1v) is 7.80. The maximum absolute atomic E-state index is 6.12. The summed E-state index contributed by atoms with van der Waals surface area (Å²) in [6.45, 7) is 4.65. The van der Waals surface area contributed by atoms with Gasteiger partial charge >= 0.3 is 0 Å². The summed E-state index contributed by atoms with van der Waals surface area (Å²) in [5.74, 6) is 0. The molecule has 2 rings (SSSR count). The van der Waals surface area contributed by atoms with Crippen molar-refractivity contribution >= 4 is 28.9 Å². The molecule has 0 saturated carbocycles. The summed E-state index contributed by atoms with van der Waals surface area (Å²) in [6.07, 6.45) is 0. The molecule has 0 aliphatic rings. The molecular formula is C17H20Cl2N2. The Kier molecular flexibility index (Phi) is 5.92. The lowest BCUT2D eigenvalue weighted by molar-refractivity contribution is 0.723. The normalized spacial score (nSPS) is 10.7. The molecule has 0 spiro atoms. The number of nitrogens with zero attached hydrogens (tertiary/aromatic N) is 1. The molecule has 112 valence electrons. The van der Waals surface area contributed by atoms with E-state index in [-0.39, 0.29) is 0 Å². The van der Waals surface area contributed by atoms with E-state index in [1.54, 1.807) is 0 Å². The number of halogens is 2. The molecule has 1 N–H and O–H groups in total. The van der Waals surface area contributed by atoms with Crippen LogP contribution in [0.15, 0.2) is 42.5 Å². The second kappa shape index (κ2) is 7.69. The number of hydrogen-bond acceptors (Lipinski definition) is 2. The van der Waals surface area contributed by atoms with E-state index >= 15 is 0 Å². The predicted molar refractivity (Wildman–Crippen MR) is 92.4 cm³/mol. The minimum absolute atomic E-state index is 0.766. The first-order valence-electron chi connectivity index (χ1n) is 7.05. The lowest BCUT2D eigenvalue weighted by Gasteiger charge is -2.23. The smallest absolute Gasteiger partial charge is 0.0426 e. The van der Waals surface area contributed by atoms with Crippen LogP contribution in [0.4, 0.5) is 5.69 Å². The summed E-state index contributed by atoms with van der Waals surface area (Å²) in [7, 11) is 2.08. The van der Waals surface area contributed by atoms with Gasteiger partial charge in [0, 0.05) is 35.9 Å². The molecule has 0 amide bonds. The highest BCUT2D eigenvalue weighted by atomic mass is 35.5. The lowest BCUT2D eigenvalue weighted by atomic mass is 10.1. The Hall–Kier alpha value is -1.22. The minimum atomic E-state index is 0.766. The molecule has 21 heavy (non-hydrogen) atoms. The van der Waals surface area contributed by atoms with Gasteiger partial charge in [-0.15, -0.1) is 0 Å². The number of nitrogens with one attached hydrogen (secondary N) is 1. The van der Waals surface area contributed by atoms with Gasteiger partial charge in [0.25, 0.3) is 0 Å². The molecule has 0 heterocycles. The molecule has 0 unspecified atom stereocenters. The van der Waals surface area contributed by atoms with Crippen LogP contribution in [-0.2, 0) is 13.1 Å². The monoisotopic (exact) mass is 322 g/mol. The van der Waals surface area contributed by atoms with Crippen LogP contribution >= 0.6 is 23.2 Å². The third-order valence-electron chi connectivity index (χ3n) is 3.33. The van der Waals surface area contributed by atoms with Crippen molar-refractivity contribution in [3.05, 3.63) is 63.6 Å². The summed E-state index contributed by atoms with van der Waals surface area (Å²) in [4.78, 5) is 2.22. The Morgan fingerprint density at radius 2 is 1.81 bits per heavy atom. The van der Waals surface area contributed by atoms with Crippen molar-refractivity contribution in [2.75, 3.05) is 18.5 Å². The molecule has 0 fully saturated rings. The molecule has 2 nitrogen and oxygen atoms in total. The molecule has 0 bridgehead atoms. The van der Waals surface area contributed by atoms with Gasteiger partial charge in [-0.25, -0.2) is 0 Å². The zero-order chi connectivity index (χ0) is 15.2. The van der Waals surface area contributed by atoms with Gasteiger partial charge in [0.1, 0.15) is 0 Å². The molecule has 0 aromatic heterocycles. The van der Waals surface area contributed by atoms with Crippen LogP contribution in [0.5, 0.6) is 0 Å². The highest BCUT2D eigenvalue weighted by Crippen LogP contribution is 2.25.